The quantitative estimate of drug-likeness (QED) is 0.675. The summed E-state index contributed by atoms with van der Waals surface area (Å²) < 4.78 is 0. The fourth-order valence-electron chi connectivity index (χ4n) is 1.52. The van der Waals surface area contributed by atoms with Crippen LogP contribution in [0.3, 0.4) is 0 Å². The van der Waals surface area contributed by atoms with Gasteiger partial charge in [-0.3, -0.25) is 9.59 Å². The van der Waals surface area contributed by atoms with Gasteiger partial charge in [0.25, 0.3) is 5.91 Å². The van der Waals surface area contributed by atoms with Crippen LogP contribution in [-0.2, 0) is 4.79 Å². The first-order valence-corrected chi connectivity index (χ1v) is 6.42. The predicted molar refractivity (Wildman–Crippen MR) is 76.0 cm³/mol. The lowest BCUT2D eigenvalue weighted by Gasteiger charge is -2.06. The second-order valence-corrected chi connectivity index (χ2v) is 3.96. The van der Waals surface area contributed by atoms with E-state index in [4.69, 9.17) is 5.11 Å². The second-order valence-electron chi connectivity index (χ2n) is 3.96. The summed E-state index contributed by atoms with van der Waals surface area (Å²) in [6, 6.07) is 6.89. The van der Waals surface area contributed by atoms with E-state index in [9.17, 15) is 9.59 Å². The van der Waals surface area contributed by atoms with Gasteiger partial charge in [-0.15, -0.1) is 0 Å². The summed E-state index contributed by atoms with van der Waals surface area (Å²) in [4.78, 5) is 23.3. The van der Waals surface area contributed by atoms with E-state index in [1.807, 2.05) is 6.92 Å². The van der Waals surface area contributed by atoms with E-state index < -0.39 is 0 Å². The number of hydrogen-bond donors (Lipinski definition) is 3. The van der Waals surface area contributed by atoms with Crippen LogP contribution in [0.1, 0.15) is 29.3 Å². The SMILES string of the molecule is CCNC(=O)CNC(=O)c1ccccc1C#CCCO. The minimum Gasteiger partial charge on any atom is -0.395 e. The van der Waals surface area contributed by atoms with E-state index in [-0.39, 0.29) is 25.0 Å². The van der Waals surface area contributed by atoms with Crippen molar-refractivity contribution in [3.05, 3.63) is 35.4 Å². The highest BCUT2D eigenvalue weighted by Crippen LogP contribution is 2.07. The molecule has 0 radical (unpaired) electrons. The number of hydrogen-bond acceptors (Lipinski definition) is 3. The van der Waals surface area contributed by atoms with E-state index in [2.05, 4.69) is 22.5 Å². The lowest BCUT2D eigenvalue weighted by Crippen LogP contribution is -2.37. The van der Waals surface area contributed by atoms with Crippen molar-refractivity contribution >= 4 is 11.8 Å². The van der Waals surface area contributed by atoms with Crippen LogP contribution in [-0.4, -0.2) is 36.6 Å². The Balaban J connectivity index is 2.73. The van der Waals surface area contributed by atoms with E-state index >= 15 is 0 Å². The van der Waals surface area contributed by atoms with Crippen LogP contribution in [0, 0.1) is 11.8 Å². The molecule has 0 atom stereocenters. The monoisotopic (exact) mass is 274 g/mol. The Labute approximate surface area is 118 Å². The lowest BCUT2D eigenvalue weighted by molar-refractivity contribution is -0.120. The smallest absolute Gasteiger partial charge is 0.252 e. The first-order chi connectivity index (χ1) is 9.69. The molecule has 0 spiro atoms. The molecule has 0 unspecified atom stereocenters. The van der Waals surface area contributed by atoms with Crippen molar-refractivity contribution in [1.82, 2.24) is 10.6 Å². The molecule has 0 aliphatic heterocycles. The van der Waals surface area contributed by atoms with Gasteiger partial charge in [-0.05, 0) is 19.1 Å². The molecule has 0 fully saturated rings. The van der Waals surface area contributed by atoms with Crippen LogP contribution >= 0.6 is 0 Å². The minimum absolute atomic E-state index is 0.0153. The van der Waals surface area contributed by atoms with Crippen molar-refractivity contribution < 1.29 is 14.7 Å². The van der Waals surface area contributed by atoms with Gasteiger partial charge in [0.15, 0.2) is 0 Å². The molecule has 106 valence electrons. The van der Waals surface area contributed by atoms with Gasteiger partial charge in [-0.2, -0.15) is 0 Å². The van der Waals surface area contributed by atoms with Gasteiger partial charge in [0.05, 0.1) is 18.7 Å². The van der Waals surface area contributed by atoms with Crippen LogP contribution in [0.2, 0.25) is 0 Å². The zero-order valence-electron chi connectivity index (χ0n) is 11.4. The number of aliphatic hydroxyl groups is 1. The molecule has 1 rings (SSSR count). The summed E-state index contributed by atoms with van der Waals surface area (Å²) in [6.07, 6.45) is 0.356. The number of benzene rings is 1. The zero-order chi connectivity index (χ0) is 14.8. The van der Waals surface area contributed by atoms with E-state index in [0.717, 1.165) is 0 Å². The maximum absolute atomic E-state index is 12.0. The molecule has 1 aromatic carbocycles. The van der Waals surface area contributed by atoms with E-state index in [1.165, 1.54) is 0 Å². The molecule has 0 bridgehead atoms. The number of amides is 2. The van der Waals surface area contributed by atoms with Crippen LogP contribution in [0.4, 0.5) is 0 Å². The summed E-state index contributed by atoms with van der Waals surface area (Å²) in [7, 11) is 0. The zero-order valence-corrected chi connectivity index (χ0v) is 11.4. The molecule has 2 amide bonds. The van der Waals surface area contributed by atoms with Crippen LogP contribution in [0.15, 0.2) is 24.3 Å². The van der Waals surface area contributed by atoms with Gasteiger partial charge < -0.3 is 15.7 Å². The minimum atomic E-state index is -0.342. The number of nitrogens with one attached hydrogen (secondary N) is 2. The van der Waals surface area contributed by atoms with Crippen LogP contribution < -0.4 is 10.6 Å². The lowest BCUT2D eigenvalue weighted by atomic mass is 10.1. The highest BCUT2D eigenvalue weighted by atomic mass is 16.2. The van der Waals surface area contributed by atoms with E-state index in [0.29, 0.717) is 24.1 Å². The molecule has 0 saturated carbocycles. The Bertz CT molecular complexity index is 529. The van der Waals surface area contributed by atoms with Crippen molar-refractivity contribution in [2.45, 2.75) is 13.3 Å². The molecule has 5 heteroatoms. The Kier molecular flexibility index (Phi) is 6.87. The van der Waals surface area contributed by atoms with Gasteiger partial charge >= 0.3 is 0 Å². The van der Waals surface area contributed by atoms with Gasteiger partial charge in [-0.25, -0.2) is 0 Å². The number of aliphatic hydroxyl groups excluding tert-OH is 1. The molecule has 0 aliphatic carbocycles. The number of carbonyl (C=O) groups excluding carboxylic acids is 2. The number of likely N-dealkylation sites (N-methyl/N-ethyl adjacent to an activating group) is 1. The third-order valence-electron chi connectivity index (χ3n) is 2.41. The molecule has 0 heterocycles. The molecule has 20 heavy (non-hydrogen) atoms. The maximum atomic E-state index is 12.0. The van der Waals surface area contributed by atoms with Crippen molar-refractivity contribution in [2.75, 3.05) is 19.7 Å². The Morgan fingerprint density at radius 1 is 1.25 bits per heavy atom. The number of rotatable bonds is 5. The van der Waals surface area contributed by atoms with Gasteiger partial charge in [0, 0.05) is 18.5 Å². The van der Waals surface area contributed by atoms with Crippen LogP contribution in [0.25, 0.3) is 0 Å². The Morgan fingerprint density at radius 3 is 2.70 bits per heavy atom. The maximum Gasteiger partial charge on any atom is 0.252 e. The average Bonchev–Trinajstić information content (AvgIpc) is 2.46. The second kappa shape index (κ2) is 8.73. The van der Waals surface area contributed by atoms with Crippen molar-refractivity contribution in [3.8, 4) is 11.8 Å². The van der Waals surface area contributed by atoms with Gasteiger partial charge in [0.2, 0.25) is 5.91 Å². The molecule has 3 N–H and O–H groups in total. The summed E-state index contributed by atoms with van der Waals surface area (Å²) in [5, 5.41) is 13.8. The first-order valence-electron chi connectivity index (χ1n) is 6.42. The average molecular weight is 274 g/mol. The van der Waals surface area contributed by atoms with Gasteiger partial charge in [-0.1, -0.05) is 24.0 Å². The molecule has 0 aromatic heterocycles. The third kappa shape index (κ3) is 5.12. The summed E-state index contributed by atoms with van der Waals surface area (Å²) in [6.45, 7) is 2.26. The molecule has 1 aromatic rings. The number of carbonyl (C=O) groups is 2. The van der Waals surface area contributed by atoms with E-state index in [1.54, 1.807) is 24.3 Å². The third-order valence-corrected chi connectivity index (χ3v) is 2.41. The normalized spacial score (nSPS) is 9.30. The van der Waals surface area contributed by atoms with Crippen LogP contribution in [0.5, 0.6) is 0 Å². The van der Waals surface area contributed by atoms with Crippen molar-refractivity contribution in [2.24, 2.45) is 0 Å². The summed E-state index contributed by atoms with van der Waals surface area (Å²) >= 11 is 0. The predicted octanol–water partition coefficient (Wildman–Crippen LogP) is 0.286. The largest absolute Gasteiger partial charge is 0.395 e. The molecule has 0 aliphatic rings. The fraction of sp³-hybridized carbons (Fsp3) is 0.333. The summed E-state index contributed by atoms with van der Waals surface area (Å²) in [5.41, 5.74) is 0.997. The molecule has 5 nitrogen and oxygen atoms in total. The van der Waals surface area contributed by atoms with Crippen molar-refractivity contribution in [3.63, 3.8) is 0 Å². The van der Waals surface area contributed by atoms with Gasteiger partial charge in [0.1, 0.15) is 0 Å². The molecular formula is C15H18N2O3. The highest BCUT2D eigenvalue weighted by molar-refractivity contribution is 5.98. The van der Waals surface area contributed by atoms with Crippen molar-refractivity contribution in [1.29, 1.82) is 0 Å². The first kappa shape index (κ1) is 15.7. The highest BCUT2D eigenvalue weighted by Gasteiger charge is 2.10. The Hall–Kier alpha value is -2.32. The standard InChI is InChI=1S/C15H18N2O3/c1-2-16-14(19)11-17-15(20)13-9-4-3-7-12(13)8-5-6-10-18/h3-4,7,9,18H,2,6,10-11H2,1H3,(H,16,19)(H,17,20). The topological polar surface area (TPSA) is 78.4 Å². The summed E-state index contributed by atoms with van der Waals surface area (Å²) in [5.74, 6) is 5.03. The molecule has 0 saturated heterocycles. The molecular weight excluding hydrogens is 256 g/mol. The fourth-order valence-corrected chi connectivity index (χ4v) is 1.52. The Morgan fingerprint density at radius 2 is 2.00 bits per heavy atom.